The Labute approximate surface area is 244 Å². The van der Waals surface area contributed by atoms with E-state index in [1.54, 1.807) is 12.1 Å². The van der Waals surface area contributed by atoms with Gasteiger partial charge < -0.3 is 9.67 Å². The number of thioether (sulfide) groups is 2. The fourth-order valence-corrected chi connectivity index (χ4v) is 8.56. The van der Waals surface area contributed by atoms with Gasteiger partial charge in [0.25, 0.3) is 0 Å². The first-order chi connectivity index (χ1) is 19.6. The monoisotopic (exact) mass is 572 g/mol. The second kappa shape index (κ2) is 12.4. The number of carboxylic acids is 1. The highest BCUT2D eigenvalue weighted by molar-refractivity contribution is 8.00. The highest BCUT2D eigenvalue weighted by atomic mass is 32.2. The minimum Gasteiger partial charge on any atom is -0.478 e. The predicted molar refractivity (Wildman–Crippen MR) is 163 cm³/mol. The summed E-state index contributed by atoms with van der Waals surface area (Å²) in [5.74, 6) is 0.0623. The van der Waals surface area contributed by atoms with Crippen LogP contribution in [0.5, 0.6) is 0 Å². The third kappa shape index (κ3) is 5.93. The van der Waals surface area contributed by atoms with Gasteiger partial charge in [-0.3, -0.25) is 0 Å². The number of hydrogen-bond acceptors (Lipinski definition) is 6. The molecule has 0 radical (unpaired) electrons. The molecule has 2 aliphatic carbocycles. The van der Waals surface area contributed by atoms with E-state index in [9.17, 15) is 9.90 Å². The van der Waals surface area contributed by atoms with Crippen LogP contribution in [0, 0.1) is 6.92 Å². The van der Waals surface area contributed by atoms with Crippen LogP contribution in [-0.2, 0) is 6.54 Å². The molecule has 0 unspecified atom stereocenters. The first-order valence-electron chi connectivity index (χ1n) is 14.6. The molecular weight excluding hydrogens is 537 g/mol. The molecule has 208 valence electrons. The molecule has 2 aromatic carbocycles. The number of hydrogen-bond donors (Lipinski definition) is 1. The van der Waals surface area contributed by atoms with Crippen LogP contribution in [0.2, 0.25) is 0 Å². The molecule has 2 aromatic heterocycles. The summed E-state index contributed by atoms with van der Waals surface area (Å²) >= 11 is 3.77. The number of aromatic carboxylic acids is 1. The van der Waals surface area contributed by atoms with Crippen molar-refractivity contribution in [3.8, 4) is 11.1 Å². The summed E-state index contributed by atoms with van der Waals surface area (Å²) in [5, 5.41) is 22.4. The standard InChI is InChI=1S/C32H36N4O2S2/c1-21-33-28-29(36(21)20-22-16-18-23(19-17-22)26-14-8-9-15-27(26)32(37)38)31(40-25-12-6-3-7-13-25)35-34-30(28)39-24-10-4-2-5-11-24/h8-9,14-19,24-25H,2-7,10-13,20H2,1H3,(H,37,38). The second-order valence-electron chi connectivity index (χ2n) is 11.1. The SMILES string of the molecule is Cc1nc2c(SC3CCCCC3)nnc(SC3CCCCC3)c2n1Cc1ccc(-c2ccccc2C(=O)O)cc1. The molecule has 8 heteroatoms. The molecule has 0 bridgehead atoms. The molecule has 2 heterocycles. The highest BCUT2D eigenvalue weighted by Crippen LogP contribution is 2.40. The third-order valence-corrected chi connectivity index (χ3v) is 10.8. The maximum absolute atomic E-state index is 11.7. The van der Waals surface area contributed by atoms with Gasteiger partial charge in [-0.05, 0) is 55.4 Å². The van der Waals surface area contributed by atoms with Crippen molar-refractivity contribution in [1.82, 2.24) is 19.7 Å². The van der Waals surface area contributed by atoms with Gasteiger partial charge in [-0.2, -0.15) is 0 Å². The number of carboxylic acid groups (broad SMARTS) is 1. The van der Waals surface area contributed by atoms with Crippen molar-refractivity contribution in [1.29, 1.82) is 0 Å². The van der Waals surface area contributed by atoms with E-state index in [0.717, 1.165) is 43.6 Å². The van der Waals surface area contributed by atoms with Crippen LogP contribution in [0.25, 0.3) is 22.2 Å². The molecule has 6 nitrogen and oxygen atoms in total. The van der Waals surface area contributed by atoms with E-state index in [2.05, 4.69) is 23.6 Å². The summed E-state index contributed by atoms with van der Waals surface area (Å²) in [5.41, 5.74) is 5.20. The molecule has 0 amide bonds. The Morgan fingerprint density at radius 3 is 2.10 bits per heavy atom. The van der Waals surface area contributed by atoms with Gasteiger partial charge in [0.1, 0.15) is 26.9 Å². The van der Waals surface area contributed by atoms with Gasteiger partial charge in [0, 0.05) is 17.0 Å². The lowest BCUT2D eigenvalue weighted by Gasteiger charge is -2.22. The first kappa shape index (κ1) is 27.3. The maximum Gasteiger partial charge on any atom is 0.336 e. The largest absolute Gasteiger partial charge is 0.478 e. The molecule has 0 spiro atoms. The van der Waals surface area contributed by atoms with Crippen molar-refractivity contribution in [3.63, 3.8) is 0 Å². The maximum atomic E-state index is 11.7. The number of aryl methyl sites for hydroxylation is 1. The molecule has 1 N–H and O–H groups in total. The summed E-state index contributed by atoms with van der Waals surface area (Å²) in [6.45, 7) is 2.77. The average molecular weight is 573 g/mol. The van der Waals surface area contributed by atoms with Crippen LogP contribution in [0.15, 0.2) is 58.6 Å². The Morgan fingerprint density at radius 1 is 0.850 bits per heavy atom. The van der Waals surface area contributed by atoms with Crippen LogP contribution < -0.4 is 0 Å². The minimum absolute atomic E-state index is 0.317. The molecule has 2 saturated carbocycles. The van der Waals surface area contributed by atoms with E-state index in [0.29, 0.717) is 22.6 Å². The Morgan fingerprint density at radius 2 is 1.45 bits per heavy atom. The number of benzene rings is 2. The fourth-order valence-electron chi connectivity index (χ4n) is 6.04. The number of carbonyl (C=O) groups is 1. The summed E-state index contributed by atoms with van der Waals surface area (Å²) in [6, 6.07) is 15.4. The summed E-state index contributed by atoms with van der Waals surface area (Å²) in [7, 11) is 0. The van der Waals surface area contributed by atoms with Crippen LogP contribution in [0.4, 0.5) is 0 Å². The van der Waals surface area contributed by atoms with Crippen molar-refractivity contribution in [2.45, 2.75) is 98.2 Å². The lowest BCUT2D eigenvalue weighted by Crippen LogP contribution is -2.11. The van der Waals surface area contributed by atoms with Crippen molar-refractivity contribution >= 4 is 40.5 Å². The summed E-state index contributed by atoms with van der Waals surface area (Å²) < 4.78 is 2.31. The highest BCUT2D eigenvalue weighted by Gasteiger charge is 2.25. The zero-order valence-electron chi connectivity index (χ0n) is 23.0. The molecule has 0 atom stereocenters. The topological polar surface area (TPSA) is 80.9 Å². The zero-order chi connectivity index (χ0) is 27.5. The Bertz CT molecular complexity index is 1490. The number of aromatic nitrogens is 4. The molecule has 4 aromatic rings. The first-order valence-corrected chi connectivity index (χ1v) is 16.3. The molecule has 40 heavy (non-hydrogen) atoms. The average Bonchev–Trinajstić information content (AvgIpc) is 3.32. The van der Waals surface area contributed by atoms with E-state index in [1.807, 2.05) is 47.8 Å². The lowest BCUT2D eigenvalue weighted by atomic mass is 9.99. The zero-order valence-corrected chi connectivity index (χ0v) is 24.6. The van der Waals surface area contributed by atoms with Crippen molar-refractivity contribution < 1.29 is 9.90 Å². The van der Waals surface area contributed by atoms with E-state index in [-0.39, 0.29) is 0 Å². The molecule has 2 aliphatic rings. The van der Waals surface area contributed by atoms with E-state index >= 15 is 0 Å². The van der Waals surface area contributed by atoms with Crippen LogP contribution in [-0.4, -0.2) is 41.3 Å². The predicted octanol–water partition coefficient (Wildman–Crippen LogP) is 8.40. The summed E-state index contributed by atoms with van der Waals surface area (Å²) in [4.78, 5) is 16.8. The van der Waals surface area contributed by atoms with Crippen molar-refractivity contribution in [2.24, 2.45) is 0 Å². The normalized spacial score (nSPS) is 16.9. The molecule has 0 saturated heterocycles. The number of rotatable bonds is 8. The third-order valence-electron chi connectivity index (χ3n) is 8.22. The quantitative estimate of drug-likeness (QED) is 0.227. The number of imidazole rings is 1. The van der Waals surface area contributed by atoms with Gasteiger partial charge in [-0.15, -0.1) is 10.2 Å². The van der Waals surface area contributed by atoms with Gasteiger partial charge in [-0.25, -0.2) is 9.78 Å². The van der Waals surface area contributed by atoms with Crippen LogP contribution in [0.3, 0.4) is 0 Å². The molecule has 6 rings (SSSR count). The Hall–Kier alpha value is -2.84. The summed E-state index contributed by atoms with van der Waals surface area (Å²) in [6.07, 6.45) is 12.8. The van der Waals surface area contributed by atoms with Crippen molar-refractivity contribution in [2.75, 3.05) is 0 Å². The molecular formula is C32H36N4O2S2. The Kier molecular flexibility index (Phi) is 8.44. The number of nitrogens with zero attached hydrogens (tertiary/aromatic N) is 4. The molecule has 2 fully saturated rings. The minimum atomic E-state index is -0.911. The van der Waals surface area contributed by atoms with Gasteiger partial charge in [-0.1, -0.05) is 105 Å². The fraction of sp³-hybridized carbons (Fsp3) is 0.438. The second-order valence-corrected chi connectivity index (χ2v) is 13.6. The van der Waals surface area contributed by atoms with Gasteiger partial charge in [0.15, 0.2) is 0 Å². The van der Waals surface area contributed by atoms with Crippen LogP contribution >= 0.6 is 23.5 Å². The van der Waals surface area contributed by atoms with E-state index in [4.69, 9.17) is 15.2 Å². The van der Waals surface area contributed by atoms with E-state index < -0.39 is 5.97 Å². The van der Waals surface area contributed by atoms with Crippen LogP contribution in [0.1, 0.15) is 86.0 Å². The van der Waals surface area contributed by atoms with Gasteiger partial charge >= 0.3 is 5.97 Å². The Balaban J connectivity index is 1.34. The lowest BCUT2D eigenvalue weighted by molar-refractivity contribution is 0.0697. The number of fused-ring (bicyclic) bond motifs is 1. The smallest absolute Gasteiger partial charge is 0.336 e. The van der Waals surface area contributed by atoms with Crippen molar-refractivity contribution in [3.05, 3.63) is 65.5 Å². The van der Waals surface area contributed by atoms with E-state index in [1.165, 1.54) is 64.2 Å². The molecule has 0 aliphatic heterocycles. The van der Waals surface area contributed by atoms with Gasteiger partial charge in [0.05, 0.1) is 5.56 Å². The van der Waals surface area contributed by atoms with Gasteiger partial charge in [0.2, 0.25) is 0 Å².